The SMILES string of the molecule is N#CC(F)(F)C(F)(F)C(F)(F)C(F)(F)C(F)(F)C(F)(F)C(F)(F)F.NC(=O)C(F)(F)C(F)(F)C(F)(F)C(F)(F)C(F)(F)C(F)(F)C(F)(F)F.O=[P+]([O-])P(=O)(O)O. The van der Waals surface area contributed by atoms with Crippen molar-refractivity contribution in [3.8, 4) is 6.07 Å². The number of alkyl halides is 30. The number of hydrogen-bond donors (Lipinski definition) is 3. The zero-order chi connectivity index (χ0) is 47.4. The Morgan fingerprint density at radius 1 is 0.482 bits per heavy atom. The molecule has 0 aromatic carbocycles. The number of hydrogen-bond acceptors (Lipinski definition) is 5. The summed E-state index contributed by atoms with van der Waals surface area (Å²) in [6.45, 7) is 0. The molecule has 0 rings (SSSR count). The molecule has 0 aliphatic heterocycles. The van der Waals surface area contributed by atoms with Crippen LogP contribution in [0.1, 0.15) is 0 Å². The molecule has 0 fully saturated rings. The lowest BCUT2D eigenvalue weighted by Crippen LogP contribution is -2.73. The Balaban J connectivity index is -0.000000856. The highest BCUT2D eigenvalue weighted by atomic mass is 32.1. The van der Waals surface area contributed by atoms with Crippen molar-refractivity contribution >= 4 is 20.9 Å². The van der Waals surface area contributed by atoms with Crippen LogP contribution in [-0.4, -0.2) is 99.1 Å². The fourth-order valence-corrected chi connectivity index (χ4v) is 2.16. The van der Waals surface area contributed by atoms with Crippen LogP contribution >= 0.6 is 15.0 Å². The van der Waals surface area contributed by atoms with Crippen molar-refractivity contribution in [1.82, 2.24) is 0 Å². The average molecular weight is 952 g/mol. The van der Waals surface area contributed by atoms with Crippen LogP contribution in [0.15, 0.2) is 0 Å². The molecular weight excluding hydrogens is 948 g/mol. The van der Waals surface area contributed by atoms with Gasteiger partial charge >= 0.3 is 98.4 Å². The minimum atomic E-state index is -8.42. The molecule has 4 N–H and O–H groups in total. The highest BCUT2D eigenvalue weighted by molar-refractivity contribution is 8.19. The molecule has 0 saturated carbocycles. The standard InChI is InChI=1S/C8H2F15NO.C8F15N.H2O5P2/c9-2(10,1(24)25)3(11,12)4(13,14)5(15,16)6(17,18)7(19,20)8(21,22)23;9-2(10,1-24)3(11,12)4(13,14)5(15,16)6(17,18)7(19,20)8(21,22)23;1-6(2)7(3,4)5/h(H2,24,25);;(H2,3,4,5). The van der Waals surface area contributed by atoms with E-state index < -0.39 is 110 Å². The smallest absolute Gasteiger partial charge is 0.561 e. The van der Waals surface area contributed by atoms with E-state index in [-0.39, 0.29) is 0 Å². The number of carbonyl (C=O) groups excluding carboxylic acids is 1. The van der Waals surface area contributed by atoms with E-state index in [2.05, 4.69) is 5.73 Å². The number of nitriles is 1. The lowest BCUT2D eigenvalue weighted by atomic mass is 9.91. The fraction of sp³-hybridized carbons (Fsp3) is 0.875. The molecule has 0 aliphatic carbocycles. The van der Waals surface area contributed by atoms with E-state index in [1.54, 1.807) is 0 Å². The zero-order valence-electron chi connectivity index (χ0n) is 23.8. The Hall–Kier alpha value is -2.93. The average Bonchev–Trinajstić information content (AvgIpc) is 2.94. The van der Waals surface area contributed by atoms with Crippen LogP contribution < -0.4 is 10.6 Å². The molecule has 0 radical (unpaired) electrons. The van der Waals surface area contributed by atoms with Crippen molar-refractivity contribution in [3.05, 3.63) is 0 Å². The maximum absolute atomic E-state index is 12.9. The van der Waals surface area contributed by atoms with Crippen molar-refractivity contribution in [2.75, 3.05) is 0 Å². The van der Waals surface area contributed by atoms with Gasteiger partial charge in [0.25, 0.3) is 5.91 Å². The van der Waals surface area contributed by atoms with Crippen LogP contribution in [0.25, 0.3) is 0 Å². The third-order valence-corrected chi connectivity index (χ3v) is 7.02. The molecular formula is C16H4F30N2O6P2. The number of rotatable bonds is 12. The van der Waals surface area contributed by atoms with Crippen molar-refractivity contribution in [2.24, 2.45) is 5.73 Å². The van der Waals surface area contributed by atoms with Gasteiger partial charge in [-0.25, -0.2) is 4.57 Å². The summed E-state index contributed by atoms with van der Waals surface area (Å²) in [5.74, 6) is -99.1. The summed E-state index contributed by atoms with van der Waals surface area (Å²) in [6.07, 6.45) is -15.3. The molecule has 56 heavy (non-hydrogen) atoms. The lowest BCUT2D eigenvalue weighted by molar-refractivity contribution is -0.449. The van der Waals surface area contributed by atoms with Gasteiger partial charge in [0.2, 0.25) is 0 Å². The second-order valence-corrected chi connectivity index (χ2v) is 13.2. The van der Waals surface area contributed by atoms with Gasteiger partial charge in [0.05, 0.1) is 0 Å². The maximum Gasteiger partial charge on any atom is 0.561 e. The van der Waals surface area contributed by atoms with Crippen LogP contribution in [0.5, 0.6) is 0 Å². The van der Waals surface area contributed by atoms with Crippen LogP contribution in [0.2, 0.25) is 0 Å². The minimum Gasteiger partial charge on any atom is -0.588 e. The van der Waals surface area contributed by atoms with Crippen molar-refractivity contribution in [2.45, 2.75) is 83.4 Å². The van der Waals surface area contributed by atoms with E-state index in [1.165, 1.54) is 0 Å². The minimum absolute atomic E-state index is 0.971. The highest BCUT2D eigenvalue weighted by Gasteiger charge is 2.95. The Kier molecular flexibility index (Phi) is 15.7. The topological polar surface area (TPSA) is 165 Å². The third kappa shape index (κ3) is 8.88. The van der Waals surface area contributed by atoms with Crippen LogP contribution in [0.4, 0.5) is 132 Å². The maximum atomic E-state index is 12.9. The molecule has 1 amide bonds. The van der Waals surface area contributed by atoms with Gasteiger partial charge in [-0.1, -0.05) is 4.57 Å². The predicted molar refractivity (Wildman–Crippen MR) is 106 cm³/mol. The number of halogens is 30. The van der Waals surface area contributed by atoms with E-state index in [4.69, 9.17) is 15.0 Å². The quantitative estimate of drug-likeness (QED) is 0.132. The van der Waals surface area contributed by atoms with E-state index in [0.29, 0.717) is 0 Å². The molecule has 0 spiro atoms. The largest absolute Gasteiger partial charge is 0.588 e. The lowest BCUT2D eigenvalue weighted by Gasteiger charge is -2.40. The van der Waals surface area contributed by atoms with E-state index >= 15 is 0 Å². The van der Waals surface area contributed by atoms with Gasteiger partial charge in [0, 0.05) is 0 Å². The Morgan fingerprint density at radius 2 is 0.661 bits per heavy atom. The van der Waals surface area contributed by atoms with E-state index in [9.17, 15) is 151 Å². The normalized spacial score (nSPS) is 15.8. The predicted octanol–water partition coefficient (Wildman–Crippen LogP) is 7.91. The summed E-state index contributed by atoms with van der Waals surface area (Å²) in [5, 5.41) is 7.48. The summed E-state index contributed by atoms with van der Waals surface area (Å²) in [4.78, 5) is 34.5. The first-order chi connectivity index (χ1) is 23.4. The third-order valence-electron chi connectivity index (χ3n) is 5.32. The molecule has 1 atom stereocenters. The van der Waals surface area contributed by atoms with Gasteiger partial charge in [-0.2, -0.15) is 137 Å². The second kappa shape index (κ2) is 15.3. The second-order valence-electron chi connectivity index (χ2n) is 9.12. The molecule has 0 heterocycles. The van der Waals surface area contributed by atoms with Gasteiger partial charge in [-0.05, 0) is 0 Å². The zero-order valence-corrected chi connectivity index (χ0v) is 25.6. The van der Waals surface area contributed by atoms with Crippen molar-refractivity contribution < 1.29 is 160 Å². The van der Waals surface area contributed by atoms with Crippen molar-refractivity contribution in [1.29, 1.82) is 5.26 Å². The van der Waals surface area contributed by atoms with E-state index in [0.717, 1.165) is 0 Å². The monoisotopic (exact) mass is 952 g/mol. The Bertz CT molecular complexity index is 1520. The summed E-state index contributed by atoms with van der Waals surface area (Å²) >= 11 is 0. The van der Waals surface area contributed by atoms with Gasteiger partial charge in [-0.3, -0.25) is 14.6 Å². The van der Waals surface area contributed by atoms with Gasteiger partial charge < -0.3 is 10.6 Å². The van der Waals surface area contributed by atoms with E-state index in [1.807, 2.05) is 0 Å². The number of amides is 1. The molecule has 0 bridgehead atoms. The molecule has 40 heteroatoms. The molecule has 0 aromatic heterocycles. The first-order valence-corrected chi connectivity index (χ1v) is 14.5. The molecule has 0 aliphatic rings. The first kappa shape index (κ1) is 57.4. The van der Waals surface area contributed by atoms with Gasteiger partial charge in [0.15, 0.2) is 0 Å². The fourth-order valence-electron chi connectivity index (χ4n) is 2.16. The number of nitrogens with two attached hydrogens (primary N) is 1. The van der Waals surface area contributed by atoms with Gasteiger partial charge in [0.1, 0.15) is 6.07 Å². The van der Waals surface area contributed by atoms with Crippen LogP contribution in [-0.2, 0) is 13.9 Å². The number of carbonyl (C=O) groups is 1. The van der Waals surface area contributed by atoms with Crippen LogP contribution in [0.3, 0.4) is 0 Å². The number of primary amides is 1. The summed E-state index contributed by atoms with van der Waals surface area (Å²) in [6, 6.07) is -0.971. The molecule has 1 unspecified atom stereocenters. The number of nitrogens with zero attached hydrogens (tertiary/aromatic N) is 1. The molecule has 0 aromatic rings. The highest BCUT2D eigenvalue weighted by Crippen LogP contribution is 2.64. The molecule has 0 saturated heterocycles. The Morgan fingerprint density at radius 3 is 0.821 bits per heavy atom. The van der Waals surface area contributed by atoms with Crippen molar-refractivity contribution in [3.63, 3.8) is 0 Å². The molecule has 8 nitrogen and oxygen atoms in total. The molecule has 334 valence electrons. The van der Waals surface area contributed by atoms with Gasteiger partial charge in [-0.15, -0.1) is 0 Å². The Labute approximate surface area is 283 Å². The summed E-state index contributed by atoms with van der Waals surface area (Å²) < 4.78 is 392. The summed E-state index contributed by atoms with van der Waals surface area (Å²) in [7, 11) is -8.36. The van der Waals surface area contributed by atoms with Crippen LogP contribution in [0, 0.1) is 11.3 Å². The first-order valence-electron chi connectivity index (χ1n) is 11.0. The summed E-state index contributed by atoms with van der Waals surface area (Å²) in [5.41, 5.74) is 3.50.